The van der Waals surface area contributed by atoms with Crippen LogP contribution in [0.25, 0.3) is 0 Å². The van der Waals surface area contributed by atoms with E-state index in [9.17, 15) is 5.26 Å². The van der Waals surface area contributed by atoms with Gasteiger partial charge in [-0.2, -0.15) is 5.26 Å². The normalized spacial score (nSPS) is 22.4. The Balaban J connectivity index is 2.32. The second-order valence-electron chi connectivity index (χ2n) is 4.96. The number of methoxy groups -OCH3 is 2. The Kier molecular flexibility index (Phi) is 4.83. The lowest BCUT2D eigenvalue weighted by molar-refractivity contribution is 0.0709. The number of hydrogen-bond donors (Lipinski definition) is 1. The lowest BCUT2D eigenvalue weighted by Crippen LogP contribution is -2.49. The van der Waals surface area contributed by atoms with E-state index < -0.39 is 0 Å². The van der Waals surface area contributed by atoms with Crippen LogP contribution in [0.15, 0.2) is 18.2 Å². The molecule has 0 bridgehead atoms. The summed E-state index contributed by atoms with van der Waals surface area (Å²) in [4.78, 5) is 2.20. The fourth-order valence-corrected chi connectivity index (χ4v) is 2.74. The van der Waals surface area contributed by atoms with E-state index in [0.29, 0.717) is 12.1 Å². The number of nitrogens with zero attached hydrogens (tertiary/aromatic N) is 2. The molecule has 1 aliphatic heterocycles. The average molecular weight is 275 g/mol. The van der Waals surface area contributed by atoms with Gasteiger partial charge in [-0.25, -0.2) is 0 Å². The summed E-state index contributed by atoms with van der Waals surface area (Å²) in [6.45, 7) is 1.38. The second kappa shape index (κ2) is 6.60. The molecule has 1 heterocycles. The Morgan fingerprint density at radius 3 is 2.85 bits per heavy atom. The highest BCUT2D eigenvalue weighted by Crippen LogP contribution is 2.31. The van der Waals surface area contributed by atoms with Gasteiger partial charge < -0.3 is 20.1 Å². The van der Waals surface area contributed by atoms with Gasteiger partial charge in [0.05, 0.1) is 24.5 Å². The fourth-order valence-electron chi connectivity index (χ4n) is 2.74. The molecule has 2 atom stereocenters. The number of ether oxygens (including phenoxy) is 2. The number of nitriles is 1. The molecule has 2 rings (SSSR count). The van der Waals surface area contributed by atoms with Crippen molar-refractivity contribution in [1.29, 1.82) is 5.26 Å². The zero-order valence-corrected chi connectivity index (χ0v) is 12.0. The van der Waals surface area contributed by atoms with Crippen LogP contribution in [0.1, 0.15) is 18.4 Å². The van der Waals surface area contributed by atoms with Gasteiger partial charge in [0.2, 0.25) is 0 Å². The predicted octanol–water partition coefficient (Wildman–Crippen LogP) is 1.51. The molecule has 0 aromatic heterocycles. The van der Waals surface area contributed by atoms with Gasteiger partial charge in [0.15, 0.2) is 0 Å². The molecule has 0 amide bonds. The first-order valence-electron chi connectivity index (χ1n) is 6.81. The second-order valence-corrected chi connectivity index (χ2v) is 4.96. The lowest BCUT2D eigenvalue weighted by Gasteiger charge is -2.40. The van der Waals surface area contributed by atoms with Gasteiger partial charge in [-0.15, -0.1) is 0 Å². The number of piperidine rings is 1. The molecule has 1 fully saturated rings. The third-order valence-corrected chi connectivity index (χ3v) is 3.91. The molecule has 1 aromatic rings. The molecule has 1 saturated heterocycles. The van der Waals surface area contributed by atoms with Crippen LogP contribution in [0.5, 0.6) is 5.75 Å². The van der Waals surface area contributed by atoms with Gasteiger partial charge in [-0.1, -0.05) is 0 Å². The highest BCUT2D eigenvalue weighted by Gasteiger charge is 2.29. The first-order chi connectivity index (χ1) is 9.73. The highest BCUT2D eigenvalue weighted by atomic mass is 16.5. The Hall–Kier alpha value is -1.77. The van der Waals surface area contributed by atoms with Crippen molar-refractivity contribution in [2.24, 2.45) is 5.73 Å². The summed E-state index contributed by atoms with van der Waals surface area (Å²) >= 11 is 0. The maximum absolute atomic E-state index is 9.30. The minimum Gasteiger partial charge on any atom is -0.497 e. The standard InChI is InChI=1S/C15H21N3O2/c1-19-13-4-3-11(9-16)15(8-13)18-6-5-14(20-2)7-12(18)10-17/h3-4,8,12,14H,5-7,10,17H2,1-2H3. The third-order valence-electron chi connectivity index (χ3n) is 3.91. The van der Waals surface area contributed by atoms with E-state index in [1.54, 1.807) is 26.4 Å². The Labute approximate surface area is 119 Å². The number of rotatable bonds is 4. The number of benzene rings is 1. The summed E-state index contributed by atoms with van der Waals surface area (Å²) in [5.74, 6) is 0.753. The van der Waals surface area contributed by atoms with Gasteiger partial charge in [0.25, 0.3) is 0 Å². The van der Waals surface area contributed by atoms with Crippen molar-refractivity contribution >= 4 is 5.69 Å². The first-order valence-corrected chi connectivity index (χ1v) is 6.81. The number of nitrogens with two attached hydrogens (primary N) is 1. The summed E-state index contributed by atoms with van der Waals surface area (Å²) in [6, 6.07) is 7.95. The van der Waals surface area contributed by atoms with Crippen LogP contribution in [-0.2, 0) is 4.74 Å². The Morgan fingerprint density at radius 2 is 2.25 bits per heavy atom. The molecular formula is C15H21N3O2. The van der Waals surface area contributed by atoms with Crippen LogP contribution in [0.4, 0.5) is 5.69 Å². The molecule has 0 spiro atoms. The third kappa shape index (κ3) is 2.87. The quantitative estimate of drug-likeness (QED) is 0.901. The minimum atomic E-state index is 0.188. The van der Waals surface area contributed by atoms with E-state index in [4.69, 9.17) is 15.2 Å². The molecule has 0 radical (unpaired) electrons. The van der Waals surface area contributed by atoms with Crippen molar-refractivity contribution in [2.75, 3.05) is 32.2 Å². The maximum atomic E-state index is 9.30. The summed E-state index contributed by atoms with van der Waals surface area (Å²) in [7, 11) is 3.36. The lowest BCUT2D eigenvalue weighted by atomic mass is 9.97. The topological polar surface area (TPSA) is 71.5 Å². The molecule has 5 nitrogen and oxygen atoms in total. The van der Waals surface area contributed by atoms with Crippen LogP contribution in [-0.4, -0.2) is 39.5 Å². The minimum absolute atomic E-state index is 0.188. The van der Waals surface area contributed by atoms with Gasteiger partial charge in [0.1, 0.15) is 11.8 Å². The van der Waals surface area contributed by atoms with Crippen LogP contribution in [0.3, 0.4) is 0 Å². The molecular weight excluding hydrogens is 254 g/mol. The van der Waals surface area contributed by atoms with E-state index in [1.807, 2.05) is 6.07 Å². The summed E-state index contributed by atoms with van der Waals surface area (Å²) in [5.41, 5.74) is 7.45. The smallest absolute Gasteiger partial charge is 0.121 e. The van der Waals surface area contributed by atoms with Crippen LogP contribution >= 0.6 is 0 Å². The predicted molar refractivity (Wildman–Crippen MR) is 77.9 cm³/mol. The molecule has 1 aromatic carbocycles. The van der Waals surface area contributed by atoms with Gasteiger partial charge in [0, 0.05) is 32.3 Å². The first kappa shape index (κ1) is 14.6. The molecule has 0 saturated carbocycles. The molecule has 2 unspecified atom stereocenters. The molecule has 5 heteroatoms. The van der Waals surface area contributed by atoms with Crippen molar-refractivity contribution in [3.05, 3.63) is 23.8 Å². The molecule has 108 valence electrons. The Morgan fingerprint density at radius 1 is 1.45 bits per heavy atom. The van der Waals surface area contributed by atoms with E-state index in [2.05, 4.69) is 11.0 Å². The van der Waals surface area contributed by atoms with Crippen LogP contribution in [0.2, 0.25) is 0 Å². The van der Waals surface area contributed by atoms with E-state index in [-0.39, 0.29) is 12.1 Å². The van der Waals surface area contributed by atoms with Gasteiger partial charge >= 0.3 is 0 Å². The van der Waals surface area contributed by atoms with Gasteiger partial charge in [-0.3, -0.25) is 0 Å². The largest absolute Gasteiger partial charge is 0.497 e. The highest BCUT2D eigenvalue weighted by molar-refractivity contribution is 5.63. The summed E-state index contributed by atoms with van der Waals surface area (Å²) < 4.78 is 10.7. The Bertz CT molecular complexity index is 498. The van der Waals surface area contributed by atoms with Crippen molar-refractivity contribution < 1.29 is 9.47 Å². The van der Waals surface area contributed by atoms with Crippen molar-refractivity contribution in [1.82, 2.24) is 0 Å². The number of anilines is 1. The van der Waals surface area contributed by atoms with Crippen molar-refractivity contribution in [2.45, 2.75) is 25.0 Å². The maximum Gasteiger partial charge on any atom is 0.121 e. The molecule has 0 aliphatic carbocycles. The zero-order chi connectivity index (χ0) is 14.5. The molecule has 1 aliphatic rings. The fraction of sp³-hybridized carbons (Fsp3) is 0.533. The van der Waals surface area contributed by atoms with E-state index >= 15 is 0 Å². The van der Waals surface area contributed by atoms with E-state index in [0.717, 1.165) is 30.8 Å². The SMILES string of the molecule is COc1ccc(C#N)c(N2CCC(OC)CC2CN)c1. The molecule has 20 heavy (non-hydrogen) atoms. The average Bonchev–Trinajstić information content (AvgIpc) is 2.53. The zero-order valence-electron chi connectivity index (χ0n) is 12.0. The van der Waals surface area contributed by atoms with Crippen molar-refractivity contribution in [3.63, 3.8) is 0 Å². The van der Waals surface area contributed by atoms with Crippen LogP contribution < -0.4 is 15.4 Å². The monoisotopic (exact) mass is 275 g/mol. The molecule has 2 N–H and O–H groups in total. The van der Waals surface area contributed by atoms with Gasteiger partial charge in [-0.05, 0) is 25.0 Å². The van der Waals surface area contributed by atoms with E-state index in [1.165, 1.54) is 0 Å². The summed E-state index contributed by atoms with van der Waals surface area (Å²) in [5, 5.41) is 9.30. The number of hydrogen-bond acceptors (Lipinski definition) is 5. The summed E-state index contributed by atoms with van der Waals surface area (Å²) in [6.07, 6.45) is 2.07. The van der Waals surface area contributed by atoms with Crippen molar-refractivity contribution in [3.8, 4) is 11.8 Å². The van der Waals surface area contributed by atoms with Crippen LogP contribution in [0, 0.1) is 11.3 Å².